The van der Waals surface area contributed by atoms with Gasteiger partial charge in [0, 0.05) is 11.9 Å². The van der Waals surface area contributed by atoms with Crippen LogP contribution in [0.25, 0.3) is 10.4 Å². The lowest BCUT2D eigenvalue weighted by atomic mass is 10.2. The Bertz CT molecular complexity index is 729. The average molecular weight is 354 g/mol. The zero-order valence-electron chi connectivity index (χ0n) is 12.7. The SMILES string of the molecule is CC(=O)c1ccc(-c2ccc(OCCN(C)C(=O)O)c(Cl)c2)s1. The van der Waals surface area contributed by atoms with E-state index in [-0.39, 0.29) is 18.9 Å². The Kier molecular flexibility index (Phi) is 5.63. The van der Waals surface area contributed by atoms with Gasteiger partial charge in [-0.2, -0.15) is 0 Å². The first-order valence-corrected chi connectivity index (χ1v) is 8.05. The second-order valence-corrected chi connectivity index (χ2v) is 6.41. The van der Waals surface area contributed by atoms with Gasteiger partial charge in [0.25, 0.3) is 0 Å². The Morgan fingerprint density at radius 1 is 1.30 bits per heavy atom. The fraction of sp³-hybridized carbons (Fsp3) is 0.250. The predicted molar refractivity (Wildman–Crippen MR) is 90.9 cm³/mol. The number of thiophene rings is 1. The second kappa shape index (κ2) is 7.48. The predicted octanol–water partition coefficient (Wildman–Crippen LogP) is 4.26. The molecule has 23 heavy (non-hydrogen) atoms. The van der Waals surface area contributed by atoms with Gasteiger partial charge in [0.1, 0.15) is 12.4 Å². The summed E-state index contributed by atoms with van der Waals surface area (Å²) in [6.45, 7) is 2.00. The molecule has 1 amide bonds. The lowest BCUT2D eigenvalue weighted by molar-refractivity contribution is 0.102. The van der Waals surface area contributed by atoms with Gasteiger partial charge >= 0.3 is 6.09 Å². The molecule has 0 atom stereocenters. The lowest BCUT2D eigenvalue weighted by Crippen LogP contribution is -2.29. The molecule has 0 saturated carbocycles. The molecule has 7 heteroatoms. The number of rotatable bonds is 6. The standard InChI is InChI=1S/C16H16ClNO4S/c1-10(19)14-5-6-15(23-14)11-3-4-13(12(17)9-11)22-8-7-18(2)16(20)21/h3-6,9H,7-8H2,1-2H3,(H,20,21). The molecule has 0 fully saturated rings. The van der Waals surface area contributed by atoms with Crippen molar-refractivity contribution in [2.75, 3.05) is 20.2 Å². The summed E-state index contributed by atoms with van der Waals surface area (Å²) >= 11 is 7.62. The summed E-state index contributed by atoms with van der Waals surface area (Å²) in [6, 6.07) is 9.05. The molecule has 0 aliphatic rings. The fourth-order valence-corrected chi connectivity index (χ4v) is 2.97. The van der Waals surface area contributed by atoms with Crippen LogP contribution in [0.5, 0.6) is 5.75 Å². The smallest absolute Gasteiger partial charge is 0.407 e. The summed E-state index contributed by atoms with van der Waals surface area (Å²) in [6.07, 6.45) is -1.01. The third-order valence-electron chi connectivity index (χ3n) is 3.18. The van der Waals surface area contributed by atoms with Crippen molar-refractivity contribution in [3.63, 3.8) is 0 Å². The van der Waals surface area contributed by atoms with Crippen LogP contribution in [0.2, 0.25) is 5.02 Å². The van der Waals surface area contributed by atoms with Gasteiger partial charge in [0.2, 0.25) is 0 Å². The second-order valence-electron chi connectivity index (χ2n) is 4.92. The minimum atomic E-state index is -1.01. The Balaban J connectivity index is 2.05. The molecule has 5 nitrogen and oxygen atoms in total. The molecule has 0 aliphatic carbocycles. The number of carbonyl (C=O) groups is 2. The molecule has 0 bridgehead atoms. The van der Waals surface area contributed by atoms with E-state index >= 15 is 0 Å². The maximum absolute atomic E-state index is 11.4. The third kappa shape index (κ3) is 4.46. The average Bonchev–Trinajstić information content (AvgIpc) is 2.98. The zero-order valence-corrected chi connectivity index (χ0v) is 14.3. The highest BCUT2D eigenvalue weighted by molar-refractivity contribution is 7.17. The molecule has 0 radical (unpaired) electrons. The highest BCUT2D eigenvalue weighted by Crippen LogP contribution is 2.34. The van der Waals surface area contributed by atoms with Gasteiger partial charge in [-0.25, -0.2) is 4.79 Å². The van der Waals surface area contributed by atoms with Crippen molar-refractivity contribution in [2.45, 2.75) is 6.92 Å². The number of ether oxygens (including phenoxy) is 1. The number of ketones is 1. The first-order chi connectivity index (χ1) is 10.9. The zero-order chi connectivity index (χ0) is 17.0. The van der Waals surface area contributed by atoms with Gasteiger partial charge < -0.3 is 14.7 Å². The lowest BCUT2D eigenvalue weighted by Gasteiger charge is -2.14. The molecule has 0 saturated heterocycles. The molecule has 122 valence electrons. The molecule has 0 unspecified atom stereocenters. The number of Topliss-reactive ketones (excluding diaryl/α,β-unsaturated/α-hetero) is 1. The van der Waals surface area contributed by atoms with E-state index in [0.29, 0.717) is 15.6 Å². The fourth-order valence-electron chi connectivity index (χ4n) is 1.84. The van der Waals surface area contributed by atoms with Crippen LogP contribution in [0.3, 0.4) is 0 Å². The Morgan fingerprint density at radius 2 is 2.04 bits per heavy atom. The number of hydrogen-bond acceptors (Lipinski definition) is 4. The number of carbonyl (C=O) groups excluding carboxylic acids is 1. The number of nitrogens with zero attached hydrogens (tertiary/aromatic N) is 1. The molecular weight excluding hydrogens is 338 g/mol. The van der Waals surface area contributed by atoms with E-state index in [2.05, 4.69) is 0 Å². The first-order valence-electron chi connectivity index (χ1n) is 6.86. The molecule has 0 spiro atoms. The van der Waals surface area contributed by atoms with Crippen LogP contribution in [0.4, 0.5) is 4.79 Å². The largest absolute Gasteiger partial charge is 0.490 e. The van der Waals surface area contributed by atoms with E-state index in [1.54, 1.807) is 18.2 Å². The molecule has 1 aromatic heterocycles. The van der Waals surface area contributed by atoms with E-state index < -0.39 is 6.09 Å². The highest BCUT2D eigenvalue weighted by atomic mass is 35.5. The van der Waals surface area contributed by atoms with Crippen LogP contribution in [0.1, 0.15) is 16.6 Å². The third-order valence-corrected chi connectivity index (χ3v) is 4.71. The minimum Gasteiger partial charge on any atom is -0.490 e. The van der Waals surface area contributed by atoms with Crippen LogP contribution >= 0.6 is 22.9 Å². The number of carboxylic acid groups (broad SMARTS) is 1. The van der Waals surface area contributed by atoms with Gasteiger partial charge in [0.15, 0.2) is 5.78 Å². The summed E-state index contributed by atoms with van der Waals surface area (Å²) in [4.78, 5) is 24.8. The number of hydrogen-bond donors (Lipinski definition) is 1. The number of likely N-dealkylation sites (N-methyl/N-ethyl adjacent to an activating group) is 1. The quantitative estimate of drug-likeness (QED) is 0.788. The van der Waals surface area contributed by atoms with Gasteiger partial charge in [0.05, 0.1) is 16.4 Å². The normalized spacial score (nSPS) is 10.4. The summed E-state index contributed by atoms with van der Waals surface area (Å²) in [5.41, 5.74) is 0.905. The van der Waals surface area contributed by atoms with Gasteiger partial charge in [-0.1, -0.05) is 11.6 Å². The van der Waals surface area contributed by atoms with Gasteiger partial charge in [-0.3, -0.25) is 4.79 Å². The van der Waals surface area contributed by atoms with E-state index in [4.69, 9.17) is 21.4 Å². The maximum atomic E-state index is 11.4. The van der Waals surface area contributed by atoms with Crippen molar-refractivity contribution in [3.05, 3.63) is 40.2 Å². The van der Waals surface area contributed by atoms with Crippen molar-refractivity contribution < 1.29 is 19.4 Å². The topological polar surface area (TPSA) is 66.8 Å². The van der Waals surface area contributed by atoms with Crippen molar-refractivity contribution in [1.82, 2.24) is 4.90 Å². The summed E-state index contributed by atoms with van der Waals surface area (Å²) in [5, 5.41) is 9.20. The Hall–Kier alpha value is -2.05. The van der Waals surface area contributed by atoms with Crippen molar-refractivity contribution >= 4 is 34.8 Å². The molecule has 2 rings (SSSR count). The summed E-state index contributed by atoms with van der Waals surface area (Å²) in [7, 11) is 1.47. The van der Waals surface area contributed by atoms with E-state index in [1.165, 1.54) is 25.3 Å². The monoisotopic (exact) mass is 353 g/mol. The summed E-state index contributed by atoms with van der Waals surface area (Å²) in [5.74, 6) is 0.535. The van der Waals surface area contributed by atoms with Crippen LogP contribution in [0, 0.1) is 0 Å². The number of halogens is 1. The summed E-state index contributed by atoms with van der Waals surface area (Å²) < 4.78 is 5.50. The van der Waals surface area contributed by atoms with Crippen LogP contribution < -0.4 is 4.74 Å². The molecule has 1 N–H and O–H groups in total. The van der Waals surface area contributed by atoms with Crippen molar-refractivity contribution in [1.29, 1.82) is 0 Å². The Labute approximate surface area is 143 Å². The maximum Gasteiger partial charge on any atom is 0.407 e. The Morgan fingerprint density at radius 3 is 2.61 bits per heavy atom. The molecule has 1 aromatic carbocycles. The van der Waals surface area contributed by atoms with E-state index in [9.17, 15) is 9.59 Å². The molecule has 1 heterocycles. The highest BCUT2D eigenvalue weighted by Gasteiger charge is 2.10. The van der Waals surface area contributed by atoms with Crippen molar-refractivity contribution in [3.8, 4) is 16.2 Å². The van der Waals surface area contributed by atoms with Gasteiger partial charge in [-0.05, 0) is 42.8 Å². The molecule has 0 aliphatic heterocycles. The molecule has 2 aromatic rings. The van der Waals surface area contributed by atoms with Crippen molar-refractivity contribution in [2.24, 2.45) is 0 Å². The number of amides is 1. The minimum absolute atomic E-state index is 0.0369. The number of benzene rings is 1. The van der Waals surface area contributed by atoms with E-state index in [1.807, 2.05) is 12.1 Å². The first kappa shape index (κ1) is 17.3. The molecular formula is C16H16ClNO4S. The van der Waals surface area contributed by atoms with Gasteiger partial charge in [-0.15, -0.1) is 11.3 Å². The van der Waals surface area contributed by atoms with Crippen LogP contribution in [0.15, 0.2) is 30.3 Å². The van der Waals surface area contributed by atoms with E-state index in [0.717, 1.165) is 15.3 Å². The van der Waals surface area contributed by atoms with Crippen LogP contribution in [-0.4, -0.2) is 42.1 Å². The van der Waals surface area contributed by atoms with Crippen LogP contribution in [-0.2, 0) is 0 Å².